The predicted octanol–water partition coefficient (Wildman–Crippen LogP) is -0.218. The zero-order valence-electron chi connectivity index (χ0n) is 10.5. The van der Waals surface area contributed by atoms with E-state index in [0.717, 1.165) is 5.56 Å². The Morgan fingerprint density at radius 1 is 1.32 bits per heavy atom. The van der Waals surface area contributed by atoms with E-state index in [-0.39, 0.29) is 17.8 Å². The van der Waals surface area contributed by atoms with Gasteiger partial charge in [0.15, 0.2) is 5.69 Å². The Hall–Kier alpha value is -2.64. The van der Waals surface area contributed by atoms with Crippen molar-refractivity contribution in [2.75, 3.05) is 0 Å². The molecule has 2 aromatic rings. The average molecular weight is 263 g/mol. The Balaban J connectivity index is 2.09. The number of aryl methyl sites for hydroxylation is 2. The predicted molar refractivity (Wildman–Crippen MR) is 64.5 cm³/mol. The van der Waals surface area contributed by atoms with Crippen molar-refractivity contribution in [2.45, 2.75) is 6.54 Å². The highest BCUT2D eigenvalue weighted by Gasteiger charge is 2.20. The van der Waals surface area contributed by atoms with Crippen LogP contribution in [0.4, 0.5) is 0 Å². The summed E-state index contributed by atoms with van der Waals surface area (Å²) >= 11 is 0. The number of carbonyl (C=O) groups excluding carboxylic acids is 1. The minimum absolute atomic E-state index is 0.0406. The number of carboxylic acid groups (broad SMARTS) is 1. The molecule has 2 N–H and O–H groups in total. The lowest BCUT2D eigenvalue weighted by Gasteiger charge is -2.01. The third kappa shape index (κ3) is 2.79. The standard InChI is InChI=1S/C11H13N5O3/c1-15-5-7(4-13-15)3-12-10(17)8-6-16(2)14-9(8)11(18)19/h4-6H,3H2,1-2H3,(H,12,17)(H,18,19). The lowest BCUT2D eigenvalue weighted by atomic mass is 10.2. The van der Waals surface area contributed by atoms with Gasteiger partial charge in [-0.05, 0) is 0 Å². The van der Waals surface area contributed by atoms with Crippen molar-refractivity contribution in [1.82, 2.24) is 24.9 Å². The first-order chi connectivity index (χ1) is 8.97. The Morgan fingerprint density at radius 3 is 2.63 bits per heavy atom. The van der Waals surface area contributed by atoms with Crippen LogP contribution in [0, 0.1) is 0 Å². The van der Waals surface area contributed by atoms with Gasteiger partial charge in [0.1, 0.15) is 0 Å². The van der Waals surface area contributed by atoms with Crippen LogP contribution < -0.4 is 5.32 Å². The van der Waals surface area contributed by atoms with Gasteiger partial charge in [0, 0.05) is 38.6 Å². The molecular weight excluding hydrogens is 250 g/mol. The van der Waals surface area contributed by atoms with Gasteiger partial charge in [0.2, 0.25) is 0 Å². The molecule has 2 aromatic heterocycles. The summed E-state index contributed by atoms with van der Waals surface area (Å²) in [6.07, 6.45) is 4.77. The SMILES string of the molecule is Cn1cc(CNC(=O)c2cn(C)nc2C(=O)O)cn1. The normalized spacial score (nSPS) is 10.4. The number of aromatic carboxylic acids is 1. The molecule has 0 atom stereocenters. The van der Waals surface area contributed by atoms with Crippen molar-refractivity contribution in [3.63, 3.8) is 0 Å². The van der Waals surface area contributed by atoms with E-state index in [1.165, 1.54) is 10.9 Å². The Morgan fingerprint density at radius 2 is 2.05 bits per heavy atom. The van der Waals surface area contributed by atoms with E-state index in [4.69, 9.17) is 5.11 Å². The summed E-state index contributed by atoms with van der Waals surface area (Å²) in [6, 6.07) is 0. The number of carbonyl (C=O) groups is 2. The van der Waals surface area contributed by atoms with Crippen LogP contribution in [0.5, 0.6) is 0 Å². The van der Waals surface area contributed by atoms with Crippen LogP contribution in [0.3, 0.4) is 0 Å². The minimum atomic E-state index is -1.23. The first-order valence-electron chi connectivity index (χ1n) is 5.50. The Labute approximate surface area is 108 Å². The summed E-state index contributed by atoms with van der Waals surface area (Å²) in [5.74, 6) is -1.71. The van der Waals surface area contributed by atoms with Crippen LogP contribution in [-0.2, 0) is 20.6 Å². The number of carboxylic acids is 1. The van der Waals surface area contributed by atoms with Gasteiger partial charge in [0.25, 0.3) is 5.91 Å². The Kier molecular flexibility index (Phi) is 3.32. The molecule has 8 nitrogen and oxygen atoms in total. The van der Waals surface area contributed by atoms with Crippen LogP contribution in [0.25, 0.3) is 0 Å². The lowest BCUT2D eigenvalue weighted by Crippen LogP contribution is -2.24. The quantitative estimate of drug-likeness (QED) is 0.794. The van der Waals surface area contributed by atoms with Crippen molar-refractivity contribution < 1.29 is 14.7 Å². The second-order valence-corrected chi connectivity index (χ2v) is 4.08. The molecular formula is C11H13N5O3. The van der Waals surface area contributed by atoms with E-state index in [0.29, 0.717) is 0 Å². The van der Waals surface area contributed by atoms with Gasteiger partial charge in [-0.25, -0.2) is 4.79 Å². The van der Waals surface area contributed by atoms with Crippen molar-refractivity contribution in [1.29, 1.82) is 0 Å². The fraction of sp³-hybridized carbons (Fsp3) is 0.273. The molecule has 0 fully saturated rings. The van der Waals surface area contributed by atoms with Crippen molar-refractivity contribution in [2.24, 2.45) is 14.1 Å². The molecule has 0 aliphatic carbocycles. The molecule has 2 heterocycles. The second-order valence-electron chi connectivity index (χ2n) is 4.08. The molecule has 19 heavy (non-hydrogen) atoms. The summed E-state index contributed by atoms with van der Waals surface area (Å²) in [4.78, 5) is 22.9. The summed E-state index contributed by atoms with van der Waals surface area (Å²) < 4.78 is 2.91. The molecule has 2 rings (SSSR count). The fourth-order valence-electron chi connectivity index (χ4n) is 1.65. The summed E-state index contributed by atoms with van der Waals surface area (Å²) in [5, 5.41) is 19.3. The zero-order chi connectivity index (χ0) is 14.0. The number of amides is 1. The third-order valence-corrected chi connectivity index (χ3v) is 2.49. The molecule has 0 aliphatic heterocycles. The maximum absolute atomic E-state index is 11.9. The number of hydrogen-bond acceptors (Lipinski definition) is 4. The molecule has 0 spiro atoms. The minimum Gasteiger partial charge on any atom is -0.476 e. The molecule has 0 aromatic carbocycles. The van der Waals surface area contributed by atoms with Gasteiger partial charge < -0.3 is 10.4 Å². The van der Waals surface area contributed by atoms with Gasteiger partial charge in [-0.2, -0.15) is 10.2 Å². The van der Waals surface area contributed by atoms with Crippen LogP contribution in [-0.4, -0.2) is 36.5 Å². The number of aromatic nitrogens is 4. The molecule has 8 heteroatoms. The van der Waals surface area contributed by atoms with Crippen molar-refractivity contribution in [3.05, 3.63) is 35.4 Å². The molecule has 0 bridgehead atoms. The van der Waals surface area contributed by atoms with Crippen LogP contribution >= 0.6 is 0 Å². The summed E-state index contributed by atoms with van der Waals surface area (Å²) in [6.45, 7) is 0.278. The van der Waals surface area contributed by atoms with E-state index in [1.807, 2.05) is 0 Å². The molecule has 1 amide bonds. The van der Waals surface area contributed by atoms with Gasteiger partial charge in [0.05, 0.1) is 11.8 Å². The molecule has 0 saturated heterocycles. The second kappa shape index (κ2) is 4.92. The number of nitrogens with zero attached hydrogens (tertiary/aromatic N) is 4. The van der Waals surface area contributed by atoms with Crippen molar-refractivity contribution >= 4 is 11.9 Å². The topological polar surface area (TPSA) is 102 Å². The summed E-state index contributed by atoms with van der Waals surface area (Å²) in [5.41, 5.74) is 0.613. The highest BCUT2D eigenvalue weighted by atomic mass is 16.4. The number of rotatable bonds is 4. The first kappa shape index (κ1) is 12.8. The lowest BCUT2D eigenvalue weighted by molar-refractivity contribution is 0.0684. The maximum Gasteiger partial charge on any atom is 0.357 e. The van der Waals surface area contributed by atoms with Gasteiger partial charge in [-0.15, -0.1) is 0 Å². The zero-order valence-corrected chi connectivity index (χ0v) is 10.5. The van der Waals surface area contributed by atoms with Gasteiger partial charge in [-0.1, -0.05) is 0 Å². The van der Waals surface area contributed by atoms with Gasteiger partial charge in [-0.3, -0.25) is 14.2 Å². The first-order valence-corrected chi connectivity index (χ1v) is 5.50. The molecule has 0 unspecified atom stereocenters. The molecule has 0 aliphatic rings. The molecule has 100 valence electrons. The largest absolute Gasteiger partial charge is 0.476 e. The molecule has 0 saturated carbocycles. The highest BCUT2D eigenvalue weighted by Crippen LogP contribution is 2.07. The highest BCUT2D eigenvalue weighted by molar-refractivity contribution is 6.03. The van der Waals surface area contributed by atoms with Crippen molar-refractivity contribution in [3.8, 4) is 0 Å². The number of nitrogens with one attached hydrogen (secondary N) is 1. The molecule has 0 radical (unpaired) electrons. The smallest absolute Gasteiger partial charge is 0.357 e. The monoisotopic (exact) mass is 263 g/mol. The van der Waals surface area contributed by atoms with Crippen LogP contribution in [0.1, 0.15) is 26.4 Å². The van der Waals surface area contributed by atoms with E-state index < -0.39 is 11.9 Å². The maximum atomic E-state index is 11.9. The van der Waals surface area contributed by atoms with Gasteiger partial charge >= 0.3 is 5.97 Å². The van der Waals surface area contributed by atoms with E-state index >= 15 is 0 Å². The Bertz CT molecular complexity index is 628. The average Bonchev–Trinajstić information content (AvgIpc) is 2.92. The fourth-order valence-corrected chi connectivity index (χ4v) is 1.65. The van der Waals surface area contributed by atoms with E-state index in [1.54, 1.807) is 31.2 Å². The van der Waals surface area contributed by atoms with Crippen LogP contribution in [0.2, 0.25) is 0 Å². The third-order valence-electron chi connectivity index (χ3n) is 2.49. The summed E-state index contributed by atoms with van der Waals surface area (Å²) in [7, 11) is 3.33. The number of hydrogen-bond donors (Lipinski definition) is 2. The van der Waals surface area contributed by atoms with Crippen LogP contribution in [0.15, 0.2) is 18.6 Å². The van der Waals surface area contributed by atoms with E-state index in [9.17, 15) is 9.59 Å². The van der Waals surface area contributed by atoms with E-state index in [2.05, 4.69) is 15.5 Å².